The molecule has 124 heavy (non-hydrogen) atoms. The predicted octanol–water partition coefficient (Wildman–Crippen LogP) is 8.35. The van der Waals surface area contributed by atoms with Gasteiger partial charge in [0.1, 0.15) is 81.3 Å². The van der Waals surface area contributed by atoms with Crippen LogP contribution in [-0.2, 0) is 14.4 Å². The number of aromatic nitrogens is 18. The molecular formula is C90H112N24O10. The Morgan fingerprint density at radius 2 is 0.685 bits per heavy atom. The van der Waals surface area contributed by atoms with E-state index in [2.05, 4.69) is 181 Å². The van der Waals surface area contributed by atoms with Gasteiger partial charge in [-0.1, -0.05) is 104 Å². The third-order valence-corrected chi connectivity index (χ3v) is 17.3. The quantitative estimate of drug-likeness (QED) is 0.0543. The summed E-state index contributed by atoms with van der Waals surface area (Å²) >= 11 is 0. The monoisotopic (exact) mass is 1690 g/mol. The number of H-pyrrole nitrogens is 4. The number of carbonyl (C=O) groups is 3. The molecule has 0 aliphatic rings. The molecule has 34 heteroatoms. The molecule has 0 radical (unpaired) electrons. The Hall–Kier alpha value is -14.8. The van der Waals surface area contributed by atoms with E-state index >= 15 is 0 Å². The number of nitrogens with two attached hydrogens (primary N) is 4. The van der Waals surface area contributed by atoms with E-state index in [4.69, 9.17) is 22.9 Å². The molecule has 0 saturated heterocycles. The van der Waals surface area contributed by atoms with Crippen LogP contribution >= 0.6 is 0 Å². The molecule has 0 saturated carbocycles. The number of carbonyl (C=O) groups excluding carboxylic acids is 3. The van der Waals surface area contributed by atoms with Crippen LogP contribution in [-0.4, -0.2) is 124 Å². The highest BCUT2D eigenvalue weighted by molar-refractivity contribution is 5.93. The maximum Gasteiger partial charge on any atom is 0.349 e. The molecule has 0 bridgehead atoms. The van der Waals surface area contributed by atoms with Crippen LogP contribution in [0.3, 0.4) is 0 Å². The first-order valence-corrected chi connectivity index (χ1v) is 40.3. The van der Waals surface area contributed by atoms with Gasteiger partial charge in [-0.3, -0.25) is 57.2 Å². The molecule has 34 nitrogen and oxygen atoms in total. The van der Waals surface area contributed by atoms with E-state index in [0.717, 1.165) is 46.0 Å². The summed E-state index contributed by atoms with van der Waals surface area (Å²) in [6.45, 7) is 42.2. The van der Waals surface area contributed by atoms with Crippen molar-refractivity contribution in [1.29, 1.82) is 0 Å². The van der Waals surface area contributed by atoms with Gasteiger partial charge in [0, 0.05) is 132 Å². The molecule has 11 heterocycles. The maximum atomic E-state index is 12.2. The van der Waals surface area contributed by atoms with Crippen LogP contribution < -0.4 is 72.9 Å². The van der Waals surface area contributed by atoms with Gasteiger partial charge in [0.05, 0.1) is 69.0 Å². The van der Waals surface area contributed by atoms with E-state index in [9.17, 15) is 47.9 Å². The number of aryl methyl sites for hydroxylation is 2. The minimum absolute atomic E-state index is 0.0107. The molecule has 0 atom stereocenters. The van der Waals surface area contributed by atoms with Crippen molar-refractivity contribution in [2.45, 2.75) is 227 Å². The van der Waals surface area contributed by atoms with Gasteiger partial charge in [0.25, 0.3) is 22.2 Å². The second-order valence-corrected chi connectivity index (χ2v) is 29.6. The predicted molar refractivity (Wildman–Crippen MR) is 488 cm³/mol. The van der Waals surface area contributed by atoms with Gasteiger partial charge >= 0.3 is 17.1 Å². The van der Waals surface area contributed by atoms with Crippen LogP contribution in [0.1, 0.15) is 263 Å². The number of hydrogen-bond acceptors (Lipinski definition) is 21. The van der Waals surface area contributed by atoms with Gasteiger partial charge in [-0.05, 0) is 118 Å². The lowest BCUT2D eigenvalue weighted by Gasteiger charge is -2.09. The fourth-order valence-corrected chi connectivity index (χ4v) is 11.3. The van der Waals surface area contributed by atoms with Gasteiger partial charge in [-0.2, -0.15) is 4.98 Å². The fourth-order valence-electron chi connectivity index (χ4n) is 11.3. The van der Waals surface area contributed by atoms with Gasteiger partial charge in [0.2, 0.25) is 11.8 Å². The number of aromatic amines is 4. The third-order valence-electron chi connectivity index (χ3n) is 17.3. The molecule has 14 N–H and O–H groups in total. The molecule has 2 amide bonds. The lowest BCUT2D eigenvalue weighted by atomic mass is 10.2. The lowest BCUT2D eigenvalue weighted by Crippen LogP contribution is -2.32. The standard InChI is InChI=1S/C16H19N3O2.C14H17N5O.C13H16N4O.C13H16N4.C12H15N3O3.C11H15N3O.C11H14N2O2/c1-10(2)19-9-13(8-6-5-7-11(3)20)14-15(19)17-12(4)18-16(14)21;1-9(2)19-7-11(5-4-6-16-10(3)20)12-13(15)17-8-18-14(12)19;1-8(2)17-7-10(5-4-6-14)11-12(17)15-9(3)16-13(11)18;1-4-5-6-10-7-17(9(2)3)13-11(10)12(14)15-8-16-13;1-8(2)15-7-10(11(17)14-12(15)18)5-4-6-13-9(3)16;1-4-5-6-9-7-14(8(2)3)11(15)13-10(9)12;1-4-5-6-9-7-13(8(2)3)11(15)12-10(9)14/h9-10H,5,7H2,1-4H3,(H,17,18,21);7-9H,6H2,1-3H3,(H,16,20)(H2,15,17,18);7-8H,6,14H2,1-3H3,(H,15,16,18);7-9H,4H2,1-3H3,(H2,14,15,16);7-8H,6H2,1-3H3,(H,13,16)(H,14,17,18);7-8H,4H2,1-3H3,(H2,12,13,15);7-8H,4H2,1-3H3,(H,12,14,15). The van der Waals surface area contributed by atoms with Crippen molar-refractivity contribution in [1.82, 2.24) is 97.4 Å². The number of amides is 2. The Kier molecular flexibility index (Phi) is 38.5. The van der Waals surface area contributed by atoms with Crippen molar-refractivity contribution >= 4 is 79.2 Å². The molecule has 652 valence electrons. The summed E-state index contributed by atoms with van der Waals surface area (Å²) in [4.78, 5) is 153. The summed E-state index contributed by atoms with van der Waals surface area (Å²) in [7, 11) is 0. The Morgan fingerprint density at radius 3 is 1.04 bits per heavy atom. The van der Waals surface area contributed by atoms with E-state index in [1.54, 1.807) is 27.0 Å². The highest BCUT2D eigenvalue weighted by atomic mass is 16.2. The maximum absolute atomic E-state index is 12.2. The Balaban J connectivity index is 0.000000258. The molecule has 0 spiro atoms. The second kappa shape index (κ2) is 47.9. The average molecular weight is 1690 g/mol. The van der Waals surface area contributed by atoms with E-state index in [-0.39, 0.29) is 95.1 Å². The number of anilines is 3. The van der Waals surface area contributed by atoms with Crippen molar-refractivity contribution in [2.24, 2.45) is 5.73 Å². The van der Waals surface area contributed by atoms with Gasteiger partial charge in [-0.25, -0.2) is 44.3 Å². The molecule has 0 aliphatic carbocycles. The minimum Gasteiger partial charge on any atom is -0.383 e. The number of rotatable bonds is 11. The van der Waals surface area contributed by atoms with Crippen molar-refractivity contribution in [2.75, 3.05) is 36.8 Å². The Bertz CT molecular complexity index is 6620. The molecule has 11 aromatic rings. The number of ketones is 1. The first-order chi connectivity index (χ1) is 58.6. The van der Waals surface area contributed by atoms with Crippen molar-refractivity contribution < 1.29 is 14.4 Å². The minimum atomic E-state index is -0.521. The highest BCUT2D eigenvalue weighted by Gasteiger charge is 2.19. The molecule has 0 aliphatic heterocycles. The number of nitrogens with one attached hydrogen (secondary N) is 6. The average Bonchev–Trinajstić information content (AvgIpc) is 1.63. The number of fused-ring (bicyclic) bond motifs is 4. The summed E-state index contributed by atoms with van der Waals surface area (Å²) in [6.07, 6.45) is 18.4. The molecule has 0 unspecified atom stereocenters. The van der Waals surface area contributed by atoms with Crippen LogP contribution in [0.4, 0.5) is 17.5 Å². The molecular weight excluding hydrogens is 1580 g/mol. The van der Waals surface area contributed by atoms with Crippen LogP contribution in [0.2, 0.25) is 0 Å². The van der Waals surface area contributed by atoms with Crippen molar-refractivity contribution in [3.63, 3.8) is 0 Å². The molecule has 11 aromatic heterocycles. The summed E-state index contributed by atoms with van der Waals surface area (Å²) in [6, 6.07) is 0.986. The smallest absolute Gasteiger partial charge is 0.349 e. The number of Topliss-reactive ketones (excluding diaryl/α,β-unsaturated/α-hetero) is 1. The van der Waals surface area contributed by atoms with Gasteiger partial charge in [0.15, 0.2) is 0 Å². The molecule has 0 aromatic carbocycles. The lowest BCUT2D eigenvalue weighted by molar-refractivity contribution is -0.119. The van der Waals surface area contributed by atoms with Crippen molar-refractivity contribution in [3.8, 4) is 82.9 Å². The number of hydrogen-bond donors (Lipinski definition) is 10. The van der Waals surface area contributed by atoms with Gasteiger partial charge in [-0.15, -0.1) is 0 Å². The van der Waals surface area contributed by atoms with E-state index < -0.39 is 22.5 Å². The zero-order valence-electron chi connectivity index (χ0n) is 74.5. The van der Waals surface area contributed by atoms with Crippen LogP contribution in [0.25, 0.3) is 44.1 Å². The zero-order chi connectivity index (χ0) is 92.5. The molecule has 0 fully saturated rings. The fraction of sp³-hybridized carbons (Fsp3) is 0.411. The zero-order valence-corrected chi connectivity index (χ0v) is 74.5. The topological polar surface area (TPSA) is 487 Å². The van der Waals surface area contributed by atoms with Gasteiger partial charge < -0.3 is 61.8 Å². The summed E-state index contributed by atoms with van der Waals surface area (Å²) < 4.78 is 12.4. The normalized spacial score (nSPS) is 10.3. The second-order valence-electron chi connectivity index (χ2n) is 29.6. The summed E-state index contributed by atoms with van der Waals surface area (Å²) in [5.74, 6) is 42.5. The Morgan fingerprint density at radius 1 is 0.371 bits per heavy atom. The summed E-state index contributed by atoms with van der Waals surface area (Å²) in [5.41, 5.74) is 27.5. The Labute approximate surface area is 719 Å². The first-order valence-electron chi connectivity index (χ1n) is 40.3. The SMILES string of the molecule is CC(=O)CCC#Cc1cn(C(C)C)c2nc(C)[nH]c(=O)c12.CC(=O)NCC#Cc1cn(C(C)C)c(=O)[nH]c1=O.CC(=O)NCC#Cc1cn(C(C)C)c2ncnc(N)c12.CCC#Cc1cn(C(C)C)c(=O)[nH]c1=O.CCC#Cc1cn(C(C)C)c(=O)nc1N.CCC#Cc1cn(C(C)C)c2ncnc(N)c12.Cc1nc2c(c(C#CCN)cn2C(C)C)c(=O)[nH]1. The summed E-state index contributed by atoms with van der Waals surface area (Å²) in [5, 5.41) is 7.80. The first kappa shape index (κ1) is 99.8. The van der Waals surface area contributed by atoms with Crippen LogP contribution in [0.15, 0.2) is 89.6 Å². The third kappa shape index (κ3) is 28.4. The number of nitrogens with zero attached hydrogens (tertiary/aromatic N) is 14. The van der Waals surface area contributed by atoms with E-state index in [1.807, 2.05) is 128 Å². The van der Waals surface area contributed by atoms with Crippen LogP contribution in [0, 0.1) is 96.7 Å². The number of nitrogen functional groups attached to an aromatic ring is 3. The van der Waals surface area contributed by atoms with E-state index in [0.29, 0.717) is 99.5 Å². The highest BCUT2D eigenvalue weighted by Crippen LogP contribution is 2.28. The van der Waals surface area contributed by atoms with Crippen LogP contribution in [0.5, 0.6) is 0 Å². The molecule has 11 rings (SSSR count). The van der Waals surface area contributed by atoms with Crippen molar-refractivity contribution in [3.05, 3.63) is 179 Å². The van der Waals surface area contributed by atoms with E-state index in [1.165, 1.54) is 52.6 Å². The largest absolute Gasteiger partial charge is 0.383 e.